The molecule has 0 aromatic carbocycles. The number of rotatable bonds is 7. The molecule has 1 saturated heterocycles. The maximum atomic E-state index is 12.4. The standard InChI is InChI=1S/C21H34N6O.HI/c1-22-21(25-18-11-14-27(16-18)19-8-3-4-9-19)24-15-20(28)26(2)13-10-17-7-5-6-12-23-17;/h5-7,12,18-19H,3-4,8-11,13-16H2,1-2H3,(H2,22,24,25);1H. The molecule has 2 heterocycles. The summed E-state index contributed by atoms with van der Waals surface area (Å²) in [5.41, 5.74) is 1.00. The lowest BCUT2D eigenvalue weighted by atomic mass is 10.2. The third-order valence-corrected chi connectivity index (χ3v) is 5.89. The van der Waals surface area contributed by atoms with Crippen LogP contribution in [-0.2, 0) is 11.2 Å². The lowest BCUT2D eigenvalue weighted by Crippen LogP contribution is -2.48. The van der Waals surface area contributed by atoms with Gasteiger partial charge in [-0.25, -0.2) is 0 Å². The monoisotopic (exact) mass is 514 g/mol. The van der Waals surface area contributed by atoms with Gasteiger partial charge < -0.3 is 15.5 Å². The zero-order chi connectivity index (χ0) is 19.8. The number of halogens is 1. The Morgan fingerprint density at radius 2 is 2.10 bits per heavy atom. The Bertz CT molecular complexity index is 650. The van der Waals surface area contributed by atoms with Crippen LogP contribution < -0.4 is 10.6 Å². The van der Waals surface area contributed by atoms with Gasteiger partial charge in [0.15, 0.2) is 5.96 Å². The fourth-order valence-electron chi connectivity index (χ4n) is 4.14. The summed E-state index contributed by atoms with van der Waals surface area (Å²) >= 11 is 0. The summed E-state index contributed by atoms with van der Waals surface area (Å²) in [6, 6.07) is 7.04. The van der Waals surface area contributed by atoms with Gasteiger partial charge in [-0.2, -0.15) is 0 Å². The van der Waals surface area contributed by atoms with Crippen molar-refractivity contribution in [2.45, 2.75) is 50.6 Å². The second-order valence-corrected chi connectivity index (χ2v) is 7.88. The smallest absolute Gasteiger partial charge is 0.241 e. The Hall–Kier alpha value is -1.42. The van der Waals surface area contributed by atoms with Gasteiger partial charge in [0.05, 0.1) is 6.54 Å². The number of nitrogens with one attached hydrogen (secondary N) is 2. The van der Waals surface area contributed by atoms with E-state index < -0.39 is 0 Å². The Kier molecular flexibility index (Phi) is 10.1. The summed E-state index contributed by atoms with van der Waals surface area (Å²) in [5.74, 6) is 0.766. The van der Waals surface area contributed by atoms with E-state index in [-0.39, 0.29) is 36.4 Å². The number of nitrogens with zero attached hydrogens (tertiary/aromatic N) is 4. The van der Waals surface area contributed by atoms with E-state index in [4.69, 9.17) is 0 Å². The lowest BCUT2D eigenvalue weighted by Gasteiger charge is -2.24. The predicted molar refractivity (Wildman–Crippen MR) is 128 cm³/mol. The van der Waals surface area contributed by atoms with Crippen molar-refractivity contribution in [3.05, 3.63) is 30.1 Å². The molecule has 0 spiro atoms. The van der Waals surface area contributed by atoms with E-state index >= 15 is 0 Å². The number of hydrogen-bond acceptors (Lipinski definition) is 4. The highest BCUT2D eigenvalue weighted by atomic mass is 127. The molecule has 3 rings (SSSR count). The molecule has 1 aromatic heterocycles. The van der Waals surface area contributed by atoms with Gasteiger partial charge in [0.2, 0.25) is 5.91 Å². The van der Waals surface area contributed by atoms with Crippen molar-refractivity contribution in [2.24, 2.45) is 4.99 Å². The first-order valence-electron chi connectivity index (χ1n) is 10.5. The van der Waals surface area contributed by atoms with Crippen LogP contribution in [0.4, 0.5) is 0 Å². The fraction of sp³-hybridized carbons (Fsp3) is 0.667. The molecule has 8 heteroatoms. The molecular formula is C21H35IN6O. The van der Waals surface area contributed by atoms with Crippen LogP contribution in [0, 0.1) is 0 Å². The number of amides is 1. The highest BCUT2D eigenvalue weighted by Gasteiger charge is 2.30. The van der Waals surface area contributed by atoms with Crippen LogP contribution in [0.2, 0.25) is 0 Å². The van der Waals surface area contributed by atoms with Crippen LogP contribution in [0.5, 0.6) is 0 Å². The third kappa shape index (κ3) is 7.40. The fourth-order valence-corrected chi connectivity index (χ4v) is 4.14. The second-order valence-electron chi connectivity index (χ2n) is 7.88. The largest absolute Gasteiger partial charge is 0.352 e. The van der Waals surface area contributed by atoms with Gasteiger partial charge in [-0.3, -0.25) is 19.7 Å². The van der Waals surface area contributed by atoms with Crippen molar-refractivity contribution in [3.8, 4) is 0 Å². The topological polar surface area (TPSA) is 72.9 Å². The Labute approximate surface area is 191 Å². The molecular weight excluding hydrogens is 479 g/mol. The minimum absolute atomic E-state index is 0. The SMILES string of the molecule is CN=C(NCC(=O)N(C)CCc1ccccn1)NC1CCN(C2CCCC2)C1.I. The molecule has 2 N–H and O–H groups in total. The second kappa shape index (κ2) is 12.3. The molecule has 1 amide bonds. The number of aliphatic imine (C=N–C) groups is 1. The van der Waals surface area contributed by atoms with Crippen molar-refractivity contribution >= 4 is 35.8 Å². The van der Waals surface area contributed by atoms with Crippen molar-refractivity contribution in [1.29, 1.82) is 0 Å². The number of likely N-dealkylation sites (tertiary alicyclic amines) is 1. The van der Waals surface area contributed by atoms with Crippen LogP contribution in [0.15, 0.2) is 29.4 Å². The van der Waals surface area contributed by atoms with Crippen LogP contribution in [0.1, 0.15) is 37.8 Å². The summed E-state index contributed by atoms with van der Waals surface area (Å²) in [6.07, 6.45) is 9.12. The molecule has 1 atom stereocenters. The highest BCUT2D eigenvalue weighted by molar-refractivity contribution is 14.0. The molecule has 1 aromatic rings. The normalized spacial score (nSPS) is 20.3. The van der Waals surface area contributed by atoms with Crippen molar-refractivity contribution in [1.82, 2.24) is 25.4 Å². The van der Waals surface area contributed by atoms with Crippen molar-refractivity contribution in [3.63, 3.8) is 0 Å². The van der Waals surface area contributed by atoms with Gasteiger partial charge in [-0.05, 0) is 31.4 Å². The maximum Gasteiger partial charge on any atom is 0.241 e. The predicted octanol–water partition coefficient (Wildman–Crippen LogP) is 1.88. The number of carbonyl (C=O) groups excluding carboxylic acids is 1. The summed E-state index contributed by atoms with van der Waals surface area (Å²) in [4.78, 5) is 25.4. The van der Waals surface area contributed by atoms with E-state index in [1.807, 2.05) is 25.2 Å². The van der Waals surface area contributed by atoms with Gasteiger partial charge in [-0.1, -0.05) is 18.9 Å². The first kappa shape index (κ1) is 23.9. The minimum Gasteiger partial charge on any atom is -0.352 e. The Morgan fingerprint density at radius 3 is 2.79 bits per heavy atom. The van der Waals surface area contributed by atoms with Crippen molar-refractivity contribution < 1.29 is 4.79 Å². The minimum atomic E-state index is 0. The zero-order valence-corrected chi connectivity index (χ0v) is 20.0. The Morgan fingerprint density at radius 1 is 1.31 bits per heavy atom. The van der Waals surface area contributed by atoms with Crippen molar-refractivity contribution in [2.75, 3.05) is 40.3 Å². The molecule has 0 bridgehead atoms. The summed E-state index contributed by atoms with van der Waals surface area (Å²) in [7, 11) is 3.59. The molecule has 1 aliphatic carbocycles. The highest BCUT2D eigenvalue weighted by Crippen LogP contribution is 2.26. The van der Waals surface area contributed by atoms with Crippen LogP contribution in [0.3, 0.4) is 0 Å². The maximum absolute atomic E-state index is 12.4. The number of guanidine groups is 1. The lowest BCUT2D eigenvalue weighted by molar-refractivity contribution is -0.128. The van der Waals surface area contributed by atoms with Gasteiger partial charge in [0.25, 0.3) is 0 Å². The molecule has 2 fully saturated rings. The van der Waals surface area contributed by atoms with Crippen LogP contribution in [-0.4, -0.2) is 79.0 Å². The van der Waals surface area contributed by atoms with E-state index in [2.05, 4.69) is 25.5 Å². The summed E-state index contributed by atoms with van der Waals surface area (Å²) < 4.78 is 0. The zero-order valence-electron chi connectivity index (χ0n) is 17.6. The first-order valence-corrected chi connectivity index (χ1v) is 10.5. The van der Waals surface area contributed by atoms with Gasteiger partial charge in [-0.15, -0.1) is 24.0 Å². The number of pyridine rings is 1. The van der Waals surface area contributed by atoms with E-state index in [0.29, 0.717) is 18.5 Å². The van der Waals surface area contributed by atoms with E-state index in [9.17, 15) is 4.79 Å². The number of hydrogen-bond donors (Lipinski definition) is 2. The number of carbonyl (C=O) groups is 1. The quantitative estimate of drug-likeness (QED) is 0.331. The van der Waals surface area contributed by atoms with E-state index in [1.54, 1.807) is 18.1 Å². The first-order chi connectivity index (χ1) is 13.7. The molecule has 0 radical (unpaired) electrons. The molecule has 162 valence electrons. The van der Waals surface area contributed by atoms with Gasteiger partial charge >= 0.3 is 0 Å². The molecule has 1 unspecified atom stereocenters. The molecule has 1 saturated carbocycles. The van der Waals surface area contributed by atoms with E-state index in [1.165, 1.54) is 25.7 Å². The molecule has 1 aliphatic heterocycles. The summed E-state index contributed by atoms with van der Waals surface area (Å²) in [6.45, 7) is 3.14. The Balaban J connectivity index is 0.00000300. The molecule has 2 aliphatic rings. The van der Waals surface area contributed by atoms with Crippen LogP contribution in [0.25, 0.3) is 0 Å². The van der Waals surface area contributed by atoms with Crippen LogP contribution >= 0.6 is 24.0 Å². The molecule has 7 nitrogen and oxygen atoms in total. The average molecular weight is 514 g/mol. The third-order valence-electron chi connectivity index (χ3n) is 5.89. The van der Waals surface area contributed by atoms with E-state index in [0.717, 1.165) is 37.7 Å². The van der Waals surface area contributed by atoms with Gasteiger partial charge in [0.1, 0.15) is 0 Å². The number of likely N-dealkylation sites (N-methyl/N-ethyl adjacent to an activating group) is 1. The summed E-state index contributed by atoms with van der Waals surface area (Å²) in [5, 5.41) is 6.66. The number of aromatic nitrogens is 1. The molecule has 29 heavy (non-hydrogen) atoms. The average Bonchev–Trinajstić information content (AvgIpc) is 3.41. The van der Waals surface area contributed by atoms with Gasteiger partial charge in [0, 0.05) is 64.1 Å².